The van der Waals surface area contributed by atoms with Crippen LogP contribution in [0.2, 0.25) is 0 Å². The van der Waals surface area contributed by atoms with Crippen molar-refractivity contribution in [3.05, 3.63) is 42.2 Å². The molecule has 0 N–H and O–H groups in total. The summed E-state index contributed by atoms with van der Waals surface area (Å²) in [6.07, 6.45) is 0. The van der Waals surface area contributed by atoms with Gasteiger partial charge in [-0.05, 0) is 0 Å². The Morgan fingerprint density at radius 3 is 1.30 bits per heavy atom. The van der Waals surface area contributed by atoms with E-state index in [0.29, 0.717) is 0 Å². The van der Waals surface area contributed by atoms with Crippen LogP contribution in [0.1, 0.15) is 41.5 Å². The fourth-order valence-corrected chi connectivity index (χ4v) is 0.676. The van der Waals surface area contributed by atoms with E-state index in [1.54, 1.807) is 0 Å². The van der Waals surface area contributed by atoms with Gasteiger partial charge in [-0.15, -0.1) is 12.1 Å². The summed E-state index contributed by atoms with van der Waals surface area (Å²) in [4.78, 5) is 2.06. The van der Waals surface area contributed by atoms with E-state index in [9.17, 15) is 0 Å². The van der Waals surface area contributed by atoms with Crippen LogP contribution in [-0.4, -0.2) is 14.1 Å². The van der Waals surface area contributed by atoms with E-state index in [1.165, 1.54) is 17.5 Å². The fourth-order valence-electron chi connectivity index (χ4n) is 0.676. The molecule has 0 bridgehead atoms. The van der Waals surface area contributed by atoms with Gasteiger partial charge in [0.1, 0.15) is 0 Å². The van der Waals surface area contributed by atoms with Gasteiger partial charge in [0.2, 0.25) is 0 Å². The summed E-state index contributed by atoms with van der Waals surface area (Å²) in [6, 6.07) is 10.8. The molecule has 0 radical (unpaired) electrons. The quantitative estimate of drug-likeness (QED) is 0.394. The van der Waals surface area contributed by atoms with Crippen LogP contribution in [-0.2, 0) is 15.9 Å². The molecule has 124 valence electrons. The molecular weight excluding hydrogens is 384 g/mol. The van der Waals surface area contributed by atoms with Crippen molar-refractivity contribution in [1.29, 1.82) is 0 Å². The second kappa shape index (κ2) is 19.3. The second-order valence-corrected chi connectivity index (χ2v) is 7.56. The Balaban J connectivity index is -0.000000223. The third-order valence-electron chi connectivity index (χ3n) is 1.22. The molecule has 0 saturated heterocycles. The van der Waals surface area contributed by atoms with Crippen LogP contribution < -0.4 is 4.90 Å². The Kier molecular flexibility index (Phi) is 24.3. The minimum absolute atomic E-state index is 0.106. The fraction of sp³-hybridized carbons (Fsp3) is 0.500. The van der Waals surface area contributed by atoms with Crippen LogP contribution in [0.3, 0.4) is 0 Å². The standard InChI is InChI=1S/C8H10N.2C4H9.2ClH.Pd/c1-9(2)8-6-4-3-5-7-8;2*1-4(2)3;;;/h4-7H,1-2H3;2*1-3H3;2*1H;/q3*-1;;;+2/p-2. The zero-order chi connectivity index (χ0) is 16.6. The maximum atomic E-state index is 4.81. The van der Waals surface area contributed by atoms with Gasteiger partial charge >= 0.3 is 35.0 Å². The van der Waals surface area contributed by atoms with E-state index in [1.807, 2.05) is 38.4 Å². The van der Waals surface area contributed by atoms with Crippen LogP contribution in [0, 0.1) is 17.9 Å². The first-order valence-corrected chi connectivity index (χ1v) is 10.2. The molecule has 0 saturated carbocycles. The normalized spacial score (nSPS) is 8.80. The molecule has 0 aromatic heterocycles. The summed E-state index contributed by atoms with van der Waals surface area (Å²) < 4.78 is 0. The maximum absolute atomic E-state index is 4.81. The van der Waals surface area contributed by atoms with Crippen molar-refractivity contribution in [3.63, 3.8) is 0 Å². The minimum atomic E-state index is -0.106. The molecule has 0 spiro atoms. The molecule has 1 aromatic rings. The van der Waals surface area contributed by atoms with Gasteiger partial charge in [-0.1, -0.05) is 5.69 Å². The zero-order valence-electron chi connectivity index (χ0n) is 13.8. The Labute approximate surface area is 143 Å². The molecule has 4 heteroatoms. The molecule has 1 nitrogen and oxygen atoms in total. The van der Waals surface area contributed by atoms with Gasteiger partial charge in [0.15, 0.2) is 0 Å². The summed E-state index contributed by atoms with van der Waals surface area (Å²) in [6.45, 7) is 12.5. The SMILES string of the molecule is CN(C)c1cc[c-]cc1.C[C-](C)C.C[C-](C)C.[Cl][Pd][Cl]. The summed E-state index contributed by atoms with van der Waals surface area (Å²) in [5.41, 5.74) is 1.22. The first-order valence-electron chi connectivity index (χ1n) is 6.18. The first-order chi connectivity index (χ1) is 9.18. The van der Waals surface area contributed by atoms with Crippen molar-refractivity contribution >= 4 is 24.7 Å². The van der Waals surface area contributed by atoms with Crippen molar-refractivity contribution in [2.45, 2.75) is 41.5 Å². The Hall–Kier alpha value is 0.262. The Bertz CT molecular complexity index is 253. The van der Waals surface area contributed by atoms with Gasteiger partial charge in [-0.2, -0.15) is 59.7 Å². The predicted molar refractivity (Wildman–Crippen MR) is 91.8 cm³/mol. The molecule has 0 aliphatic heterocycles. The van der Waals surface area contributed by atoms with Gasteiger partial charge < -0.3 is 16.7 Å². The van der Waals surface area contributed by atoms with E-state index in [-0.39, 0.29) is 15.9 Å². The van der Waals surface area contributed by atoms with E-state index in [4.69, 9.17) is 19.1 Å². The van der Waals surface area contributed by atoms with Gasteiger partial charge in [0.05, 0.1) is 0 Å². The average Bonchev–Trinajstić information content (AvgIpc) is 2.29. The molecule has 0 atom stereocenters. The molecule has 0 unspecified atom stereocenters. The molecule has 1 rings (SSSR count). The first kappa shape index (κ1) is 25.2. The number of rotatable bonds is 1. The van der Waals surface area contributed by atoms with Crippen LogP contribution >= 0.6 is 19.1 Å². The second-order valence-electron chi connectivity index (χ2n) is 5.20. The van der Waals surface area contributed by atoms with E-state index < -0.39 is 0 Å². The van der Waals surface area contributed by atoms with Crippen molar-refractivity contribution < 1.29 is 15.9 Å². The number of benzene rings is 1. The molecule has 0 heterocycles. The van der Waals surface area contributed by atoms with Gasteiger partial charge in [0, 0.05) is 14.1 Å². The van der Waals surface area contributed by atoms with E-state index >= 15 is 0 Å². The van der Waals surface area contributed by atoms with Crippen LogP contribution in [0.4, 0.5) is 5.69 Å². The zero-order valence-corrected chi connectivity index (χ0v) is 16.9. The predicted octanol–water partition coefficient (Wildman–Crippen LogP) is 6.17. The van der Waals surface area contributed by atoms with Crippen molar-refractivity contribution in [2.75, 3.05) is 19.0 Å². The summed E-state index contributed by atoms with van der Waals surface area (Å²) in [7, 11) is 13.7. The third kappa shape index (κ3) is 36.2. The van der Waals surface area contributed by atoms with Crippen LogP contribution in [0.15, 0.2) is 24.3 Å². The number of halogens is 2. The van der Waals surface area contributed by atoms with E-state index in [2.05, 4.69) is 52.5 Å². The molecule has 0 aliphatic carbocycles. The summed E-state index contributed by atoms with van der Waals surface area (Å²) in [5.74, 6) is 2.83. The topological polar surface area (TPSA) is 3.24 Å². The number of hydrogen-bond acceptors (Lipinski definition) is 1. The van der Waals surface area contributed by atoms with Gasteiger partial charge in [-0.25, -0.2) is 0 Å². The summed E-state index contributed by atoms with van der Waals surface area (Å²) in [5, 5.41) is 0. The number of hydrogen-bond donors (Lipinski definition) is 0. The van der Waals surface area contributed by atoms with Crippen molar-refractivity contribution in [3.8, 4) is 0 Å². The number of anilines is 1. The molecule has 0 amide bonds. The number of nitrogens with zero attached hydrogens (tertiary/aromatic N) is 1. The van der Waals surface area contributed by atoms with Gasteiger partial charge in [0.25, 0.3) is 0 Å². The van der Waals surface area contributed by atoms with Crippen LogP contribution in [0.25, 0.3) is 0 Å². The van der Waals surface area contributed by atoms with Crippen molar-refractivity contribution in [2.24, 2.45) is 0 Å². The van der Waals surface area contributed by atoms with E-state index in [0.717, 1.165) is 0 Å². The van der Waals surface area contributed by atoms with Gasteiger partial charge in [-0.3, -0.25) is 0 Å². The molecule has 0 fully saturated rings. The molecular formula is C16H28Cl2NPd-3. The monoisotopic (exact) mass is 410 g/mol. The Morgan fingerprint density at radius 2 is 1.15 bits per heavy atom. The summed E-state index contributed by atoms with van der Waals surface area (Å²) >= 11 is -0.106. The van der Waals surface area contributed by atoms with Crippen LogP contribution in [0.5, 0.6) is 0 Å². The molecule has 1 aromatic carbocycles. The average molecular weight is 412 g/mol. The molecule has 0 aliphatic rings. The van der Waals surface area contributed by atoms with Crippen molar-refractivity contribution in [1.82, 2.24) is 0 Å². The third-order valence-corrected chi connectivity index (χ3v) is 1.22. The molecule has 20 heavy (non-hydrogen) atoms. The Morgan fingerprint density at radius 1 is 0.900 bits per heavy atom.